The van der Waals surface area contributed by atoms with Crippen molar-refractivity contribution in [2.75, 3.05) is 0 Å². The van der Waals surface area contributed by atoms with E-state index in [9.17, 15) is 0 Å². The first-order valence-electron chi connectivity index (χ1n) is 14.1. The van der Waals surface area contributed by atoms with Crippen molar-refractivity contribution in [3.63, 3.8) is 0 Å². The van der Waals surface area contributed by atoms with Crippen molar-refractivity contribution in [3.05, 3.63) is 106 Å². The van der Waals surface area contributed by atoms with Gasteiger partial charge in [0.1, 0.15) is 0 Å². The molecule has 0 unspecified atom stereocenters. The summed E-state index contributed by atoms with van der Waals surface area (Å²) in [5.74, 6) is 0. The predicted octanol–water partition coefficient (Wildman–Crippen LogP) is 15.1. The van der Waals surface area contributed by atoms with Crippen LogP contribution in [0.25, 0.3) is 68.3 Å². The average Bonchev–Trinajstić information content (AvgIpc) is 3.84. The van der Waals surface area contributed by atoms with Crippen LogP contribution in [0, 0.1) is 27.7 Å². The minimum Gasteiger partial charge on any atom is -0.140 e. The predicted molar refractivity (Wildman–Crippen MR) is 206 cm³/mol. The lowest BCUT2D eigenvalue weighted by atomic mass is 10.2. The molecule has 0 aromatic carbocycles. The Balaban J connectivity index is 1.03. The lowest BCUT2D eigenvalue weighted by Gasteiger charge is -1.95. The molecule has 8 aromatic rings. The Morgan fingerprint density at radius 2 is 0.545 bits per heavy atom. The topological polar surface area (TPSA) is 0 Å². The molecular weight excluding hydrogens is 689 g/mol. The number of thiophene rings is 8. The number of hydrogen-bond acceptors (Lipinski definition) is 8. The van der Waals surface area contributed by atoms with Gasteiger partial charge in [-0.2, -0.15) is 0 Å². The molecule has 0 radical (unpaired) electrons. The van der Waals surface area contributed by atoms with E-state index in [1.54, 1.807) is 0 Å². The molecule has 0 saturated heterocycles. The fourth-order valence-electron chi connectivity index (χ4n) is 5.22. The molecule has 0 nitrogen and oxygen atoms in total. The molecule has 0 bridgehead atoms. The van der Waals surface area contributed by atoms with Crippen LogP contribution in [0.4, 0.5) is 0 Å². The third kappa shape index (κ3) is 5.50. The van der Waals surface area contributed by atoms with Crippen molar-refractivity contribution >= 4 is 90.7 Å². The molecular formula is C36H26S8. The lowest BCUT2D eigenvalue weighted by molar-refractivity contribution is 1.54. The zero-order valence-corrected chi connectivity index (χ0v) is 30.9. The van der Waals surface area contributed by atoms with Gasteiger partial charge in [0, 0.05) is 78.0 Å². The van der Waals surface area contributed by atoms with Gasteiger partial charge in [-0.3, -0.25) is 0 Å². The molecule has 8 heteroatoms. The molecule has 0 fully saturated rings. The van der Waals surface area contributed by atoms with Crippen LogP contribution in [0.5, 0.6) is 0 Å². The highest BCUT2D eigenvalue weighted by molar-refractivity contribution is 7.31. The van der Waals surface area contributed by atoms with Gasteiger partial charge >= 0.3 is 0 Å². The Bertz CT molecular complexity index is 2080. The quantitative estimate of drug-likeness (QED) is 0.154. The summed E-state index contributed by atoms with van der Waals surface area (Å²) in [5, 5.41) is 0. The maximum atomic E-state index is 2.39. The van der Waals surface area contributed by atoms with E-state index in [1.165, 1.54) is 89.2 Å². The molecule has 0 aliphatic rings. The Morgan fingerprint density at radius 3 is 0.864 bits per heavy atom. The number of rotatable bonds is 7. The highest BCUT2D eigenvalue weighted by Crippen LogP contribution is 2.49. The Kier molecular flexibility index (Phi) is 7.75. The molecule has 0 aliphatic carbocycles. The first kappa shape index (κ1) is 29.0. The average molecular weight is 715 g/mol. The summed E-state index contributed by atoms with van der Waals surface area (Å²) in [4.78, 5) is 21.8. The van der Waals surface area contributed by atoms with E-state index < -0.39 is 0 Å². The summed E-state index contributed by atoms with van der Waals surface area (Å²) in [5.41, 5.74) is 2.72. The summed E-state index contributed by atoms with van der Waals surface area (Å²) in [6.45, 7) is 8.88. The Labute approximate surface area is 289 Å². The van der Waals surface area contributed by atoms with Gasteiger partial charge in [0.15, 0.2) is 0 Å². The fourth-order valence-corrected chi connectivity index (χ4v) is 14.1. The number of hydrogen-bond donors (Lipinski definition) is 0. The minimum absolute atomic E-state index is 1.35. The molecule has 0 saturated carbocycles. The van der Waals surface area contributed by atoms with Gasteiger partial charge in [0.2, 0.25) is 0 Å². The molecule has 8 aromatic heterocycles. The zero-order valence-electron chi connectivity index (χ0n) is 24.3. The van der Waals surface area contributed by atoms with Crippen LogP contribution in [0.15, 0.2) is 84.9 Å². The maximum Gasteiger partial charge on any atom is 0.0478 e. The van der Waals surface area contributed by atoms with Crippen LogP contribution in [0.1, 0.15) is 20.9 Å². The second kappa shape index (κ2) is 11.8. The fraction of sp³-hybridized carbons (Fsp3) is 0.111. The van der Waals surface area contributed by atoms with Crippen molar-refractivity contribution in [1.29, 1.82) is 0 Å². The molecule has 8 rings (SSSR count). The summed E-state index contributed by atoms with van der Waals surface area (Å²) in [7, 11) is 0. The van der Waals surface area contributed by atoms with Gasteiger partial charge in [0.25, 0.3) is 0 Å². The highest BCUT2D eigenvalue weighted by atomic mass is 32.1. The Hall–Kier alpha value is -2.40. The summed E-state index contributed by atoms with van der Waals surface area (Å²) in [6.07, 6.45) is 0. The molecule has 0 amide bonds. The van der Waals surface area contributed by atoms with Crippen LogP contribution in [0.3, 0.4) is 0 Å². The first-order chi connectivity index (χ1) is 21.4. The third-order valence-corrected chi connectivity index (χ3v) is 17.6. The van der Waals surface area contributed by atoms with Crippen LogP contribution in [-0.4, -0.2) is 0 Å². The van der Waals surface area contributed by atoms with Gasteiger partial charge in [-0.05, 0) is 124 Å². The Morgan fingerprint density at radius 1 is 0.273 bits per heavy atom. The van der Waals surface area contributed by atoms with Crippen LogP contribution in [-0.2, 0) is 0 Å². The first-order valence-corrected chi connectivity index (χ1v) is 20.7. The van der Waals surface area contributed by atoms with Gasteiger partial charge in [0.05, 0.1) is 0 Å². The second-order valence-electron chi connectivity index (χ2n) is 10.7. The van der Waals surface area contributed by atoms with Crippen molar-refractivity contribution in [3.8, 4) is 68.3 Å². The van der Waals surface area contributed by atoms with E-state index in [1.807, 2.05) is 90.7 Å². The van der Waals surface area contributed by atoms with E-state index >= 15 is 0 Å². The SMILES string of the molecule is Cc1ccc(-c2ccc(-c3ccc(-c4sc(-c5cc(C)c(-c6ccc(-c7ccc(-c8ccc(C)s8)s7)s6)s5)cc4C)s3)s2)s1. The van der Waals surface area contributed by atoms with E-state index in [2.05, 4.69) is 113 Å². The third-order valence-electron chi connectivity index (χ3n) is 7.40. The van der Waals surface area contributed by atoms with Crippen molar-refractivity contribution in [2.24, 2.45) is 0 Å². The second-order valence-corrected chi connectivity index (χ2v) is 19.7. The number of aryl methyl sites for hydroxylation is 4. The van der Waals surface area contributed by atoms with Gasteiger partial charge < -0.3 is 0 Å². The maximum absolute atomic E-state index is 2.39. The molecule has 0 atom stereocenters. The van der Waals surface area contributed by atoms with E-state index in [-0.39, 0.29) is 0 Å². The molecule has 218 valence electrons. The largest absolute Gasteiger partial charge is 0.140 e. The normalized spacial score (nSPS) is 11.6. The minimum atomic E-state index is 1.35. The standard InChI is InChI=1S/C36H26S8/c1-19-17-33(43-35(19)31-15-13-29(41-31)27-11-9-25(39-27)23-7-5-21(3)37-23)34-18-20(2)36(44-34)32-16-14-30(42-32)28-12-10-26(40-28)24-8-6-22(4)38-24/h5-18H,1-4H3. The van der Waals surface area contributed by atoms with Gasteiger partial charge in [-0.25, -0.2) is 0 Å². The summed E-state index contributed by atoms with van der Waals surface area (Å²) >= 11 is 15.2. The van der Waals surface area contributed by atoms with Gasteiger partial charge in [-0.1, -0.05) is 0 Å². The summed E-state index contributed by atoms with van der Waals surface area (Å²) in [6, 6.07) is 32.0. The van der Waals surface area contributed by atoms with Gasteiger partial charge in [-0.15, -0.1) is 90.7 Å². The smallest absolute Gasteiger partial charge is 0.0478 e. The van der Waals surface area contributed by atoms with E-state index in [0.29, 0.717) is 0 Å². The van der Waals surface area contributed by atoms with Crippen molar-refractivity contribution in [1.82, 2.24) is 0 Å². The highest BCUT2D eigenvalue weighted by Gasteiger charge is 2.18. The zero-order chi connectivity index (χ0) is 29.9. The van der Waals surface area contributed by atoms with Crippen molar-refractivity contribution in [2.45, 2.75) is 27.7 Å². The van der Waals surface area contributed by atoms with Crippen LogP contribution >= 0.6 is 90.7 Å². The monoisotopic (exact) mass is 714 g/mol. The van der Waals surface area contributed by atoms with Crippen LogP contribution in [0.2, 0.25) is 0 Å². The van der Waals surface area contributed by atoms with Crippen molar-refractivity contribution < 1.29 is 0 Å². The van der Waals surface area contributed by atoms with Crippen LogP contribution < -0.4 is 0 Å². The summed E-state index contributed by atoms with van der Waals surface area (Å²) < 4.78 is 0. The molecule has 44 heavy (non-hydrogen) atoms. The molecule has 0 N–H and O–H groups in total. The van der Waals surface area contributed by atoms with E-state index in [0.717, 1.165) is 0 Å². The molecule has 0 aliphatic heterocycles. The molecule has 8 heterocycles. The lowest BCUT2D eigenvalue weighted by Crippen LogP contribution is -1.67. The van der Waals surface area contributed by atoms with E-state index in [4.69, 9.17) is 0 Å². The molecule has 0 spiro atoms.